The van der Waals surface area contributed by atoms with Crippen LogP contribution in [0.5, 0.6) is 0 Å². The molecule has 3 aliphatic heterocycles. The van der Waals surface area contributed by atoms with Gasteiger partial charge in [-0.3, -0.25) is 24.0 Å². The van der Waals surface area contributed by atoms with Crippen LogP contribution in [0.1, 0.15) is 132 Å². The molecule has 0 aromatic rings. The number of esters is 2. The highest BCUT2D eigenvalue weighted by molar-refractivity contribution is 6.39. The number of cyclic esters (lactones) is 1. The first kappa shape index (κ1) is 61.6. The van der Waals surface area contributed by atoms with Crippen LogP contribution in [-0.4, -0.2) is 156 Å². The summed E-state index contributed by atoms with van der Waals surface area (Å²) >= 11 is 0. The Kier molecular flexibility index (Phi) is 23.9. The van der Waals surface area contributed by atoms with Crippen molar-refractivity contribution in [1.29, 1.82) is 0 Å². The van der Waals surface area contributed by atoms with Gasteiger partial charge in [0, 0.05) is 58.5 Å². The number of aliphatic hydroxyl groups excluding tert-OH is 3. The van der Waals surface area contributed by atoms with E-state index >= 15 is 0 Å². The molecule has 412 valence electrons. The van der Waals surface area contributed by atoms with E-state index in [1.54, 1.807) is 40.9 Å². The average Bonchev–Trinajstić information content (AvgIpc) is 3.37. The van der Waals surface area contributed by atoms with Gasteiger partial charge < -0.3 is 53.7 Å². The Labute approximate surface area is 433 Å². The van der Waals surface area contributed by atoms with Gasteiger partial charge in [-0.15, -0.1) is 0 Å². The van der Waals surface area contributed by atoms with Gasteiger partial charge in [0.1, 0.15) is 41.7 Å². The number of carbonyl (C=O) groups is 6. The fraction of sp³-hybridized carbons (Fsp3) is 0.750. The van der Waals surface area contributed by atoms with E-state index in [2.05, 4.69) is 0 Å². The minimum absolute atomic E-state index is 0.00697. The molecule has 4 N–H and O–H groups in total. The van der Waals surface area contributed by atoms with Crippen LogP contribution in [-0.2, 0) is 57.2 Å². The molecular formula is C56H87NO16. The maximum atomic E-state index is 14.5. The van der Waals surface area contributed by atoms with Crippen molar-refractivity contribution < 1.29 is 77.6 Å². The highest BCUT2D eigenvalue weighted by Crippen LogP contribution is 2.38. The number of piperidine rings is 1. The summed E-state index contributed by atoms with van der Waals surface area (Å²) in [6.07, 6.45) is 9.76. The van der Waals surface area contributed by atoms with E-state index < -0.39 is 120 Å². The fourth-order valence-corrected chi connectivity index (χ4v) is 10.7. The quantitative estimate of drug-likeness (QED) is 0.116. The number of methoxy groups -OCH3 is 3. The molecule has 1 amide bonds. The summed E-state index contributed by atoms with van der Waals surface area (Å²) < 4.78 is 35.4. The number of fused-ring (bicyclic) bond motifs is 3. The second kappa shape index (κ2) is 28.3. The molecule has 73 heavy (non-hydrogen) atoms. The van der Waals surface area contributed by atoms with Crippen molar-refractivity contribution in [1.82, 2.24) is 4.90 Å². The lowest BCUT2D eigenvalue weighted by atomic mass is 9.78. The van der Waals surface area contributed by atoms with Crippen molar-refractivity contribution in [3.8, 4) is 0 Å². The predicted molar refractivity (Wildman–Crippen MR) is 271 cm³/mol. The van der Waals surface area contributed by atoms with E-state index in [-0.39, 0.29) is 42.8 Å². The Morgan fingerprint density at radius 3 is 2.21 bits per heavy atom. The second-order valence-corrected chi connectivity index (χ2v) is 21.8. The van der Waals surface area contributed by atoms with Crippen LogP contribution in [0.2, 0.25) is 0 Å². The van der Waals surface area contributed by atoms with Crippen LogP contribution in [0.15, 0.2) is 47.6 Å². The van der Waals surface area contributed by atoms with E-state index in [0.717, 1.165) is 10.5 Å². The second-order valence-electron chi connectivity index (χ2n) is 21.8. The molecule has 4 aliphatic rings. The van der Waals surface area contributed by atoms with Crippen molar-refractivity contribution in [3.63, 3.8) is 0 Å². The first-order chi connectivity index (χ1) is 34.5. The lowest BCUT2D eigenvalue weighted by Gasteiger charge is -2.42. The summed E-state index contributed by atoms with van der Waals surface area (Å²) in [6, 6.07) is -1.20. The van der Waals surface area contributed by atoms with Crippen LogP contribution < -0.4 is 0 Å². The number of hydrogen-bond donors (Lipinski definition) is 4. The summed E-state index contributed by atoms with van der Waals surface area (Å²) in [4.78, 5) is 85.4. The van der Waals surface area contributed by atoms with Crippen molar-refractivity contribution in [2.24, 2.45) is 40.9 Å². The van der Waals surface area contributed by atoms with Gasteiger partial charge in [-0.1, -0.05) is 71.1 Å². The highest BCUT2D eigenvalue weighted by atomic mass is 16.6. The van der Waals surface area contributed by atoms with Crippen LogP contribution in [0.4, 0.5) is 0 Å². The smallest absolute Gasteiger partial charge is 0.329 e. The number of hydrogen-bond acceptors (Lipinski definition) is 16. The zero-order valence-electron chi connectivity index (χ0n) is 45.3. The monoisotopic (exact) mass is 1030 g/mol. The molecule has 1 saturated carbocycles. The number of aliphatic hydroxyl groups is 4. The average molecular weight is 1030 g/mol. The zero-order valence-corrected chi connectivity index (χ0v) is 45.3. The number of amides is 1. The summed E-state index contributed by atoms with van der Waals surface area (Å²) in [5.74, 6) is -9.36. The standard InChI is InChI=1S/C56H87NO16/c1-33-17-13-12-14-18-34(2)45(68-9)29-41-22-20-39(7)56(67,73-41)51(63)52(64)57-24-16-15-19-42(57)53(65)71-46(30-43(60)35(3)26-38(6)49(62)50(70-11)48(61)37(5)25-33)36(4)27-40-21-23-44(47(28-40)69-10)72-54(66)55(8,31-58)32-59/h12-14,17-18,26,33,35-37,39-42,44-47,49-50,58-59,62,67H,15-16,19-25,27-32H2,1-11H3/b14-12?,17-13+,34-18?,38-26?/t33-,35-,36-,37-,39-,40+,41+,42+,44-,45+,46+,47-,49-,50+,56-/m1/s1. The minimum Gasteiger partial charge on any atom is -0.460 e. The molecule has 1 aliphatic carbocycles. The molecule has 0 unspecified atom stereocenters. The largest absolute Gasteiger partial charge is 0.460 e. The molecular weight excluding hydrogens is 943 g/mol. The molecule has 0 radical (unpaired) electrons. The summed E-state index contributed by atoms with van der Waals surface area (Å²) in [5.41, 5.74) is -0.277. The number of carbonyl (C=O) groups excluding carboxylic acids is 6. The minimum atomic E-state index is -2.47. The number of rotatable bonds is 10. The first-order valence-corrected chi connectivity index (χ1v) is 26.4. The highest BCUT2D eigenvalue weighted by Gasteiger charge is 2.53. The predicted octanol–water partition coefficient (Wildman–Crippen LogP) is 5.72. The van der Waals surface area contributed by atoms with Crippen LogP contribution in [0, 0.1) is 40.9 Å². The van der Waals surface area contributed by atoms with Crippen molar-refractivity contribution >= 4 is 35.2 Å². The van der Waals surface area contributed by atoms with Crippen molar-refractivity contribution in [2.75, 3.05) is 41.1 Å². The Morgan fingerprint density at radius 2 is 1.56 bits per heavy atom. The van der Waals surface area contributed by atoms with E-state index in [1.165, 1.54) is 21.1 Å². The third-order valence-corrected chi connectivity index (χ3v) is 15.9. The van der Waals surface area contributed by atoms with Crippen LogP contribution in [0.3, 0.4) is 0 Å². The van der Waals surface area contributed by atoms with Gasteiger partial charge in [0.05, 0.1) is 31.5 Å². The Balaban J connectivity index is 1.69. The number of nitrogens with zero attached hydrogens (tertiary/aromatic N) is 1. The van der Waals surface area contributed by atoms with E-state index in [1.807, 2.05) is 51.2 Å². The Morgan fingerprint density at radius 1 is 0.863 bits per heavy atom. The van der Waals surface area contributed by atoms with Gasteiger partial charge in [0.15, 0.2) is 5.78 Å². The molecule has 2 bridgehead atoms. The van der Waals surface area contributed by atoms with E-state index in [0.29, 0.717) is 69.8 Å². The Hall–Kier alpha value is -3.94. The number of ether oxygens (including phenoxy) is 6. The zero-order chi connectivity index (χ0) is 54.4. The van der Waals surface area contributed by atoms with Gasteiger partial charge in [-0.05, 0) is 114 Å². The molecule has 0 aromatic heterocycles. The molecule has 0 spiro atoms. The number of ketones is 3. The summed E-state index contributed by atoms with van der Waals surface area (Å²) in [5, 5.41) is 43.1. The van der Waals surface area contributed by atoms with E-state index in [9.17, 15) is 49.2 Å². The number of Topliss-reactive ketones (excluding diaryl/α,β-unsaturated/α-hetero) is 3. The molecule has 4 rings (SSSR count). The topological polar surface area (TPSA) is 242 Å². The molecule has 3 fully saturated rings. The molecule has 15 atom stereocenters. The molecule has 0 aromatic carbocycles. The molecule has 2 saturated heterocycles. The van der Waals surface area contributed by atoms with Crippen molar-refractivity contribution in [3.05, 3.63) is 47.6 Å². The third-order valence-electron chi connectivity index (χ3n) is 15.9. The third kappa shape index (κ3) is 16.0. The first-order valence-electron chi connectivity index (χ1n) is 26.4. The van der Waals surface area contributed by atoms with E-state index in [4.69, 9.17) is 28.4 Å². The maximum absolute atomic E-state index is 14.5. The van der Waals surface area contributed by atoms with Gasteiger partial charge in [0.2, 0.25) is 5.79 Å². The maximum Gasteiger partial charge on any atom is 0.329 e. The number of allylic oxidation sites excluding steroid dienone is 6. The van der Waals surface area contributed by atoms with Gasteiger partial charge in [-0.2, -0.15) is 0 Å². The van der Waals surface area contributed by atoms with Crippen LogP contribution >= 0.6 is 0 Å². The molecule has 17 heteroatoms. The summed E-state index contributed by atoms with van der Waals surface area (Å²) in [7, 11) is 4.43. The van der Waals surface area contributed by atoms with Gasteiger partial charge in [0.25, 0.3) is 11.7 Å². The van der Waals surface area contributed by atoms with Crippen LogP contribution in [0.25, 0.3) is 0 Å². The molecule has 3 heterocycles. The normalized spacial score (nSPS) is 35.6. The summed E-state index contributed by atoms with van der Waals surface area (Å²) in [6.45, 7) is 12.7. The lowest BCUT2D eigenvalue weighted by Crippen LogP contribution is -2.61. The lowest BCUT2D eigenvalue weighted by molar-refractivity contribution is -0.265. The van der Waals surface area contributed by atoms with Gasteiger partial charge in [-0.25, -0.2) is 4.79 Å². The fourth-order valence-electron chi connectivity index (χ4n) is 10.7. The SMILES string of the molecule is CO[C@H]1C[C@@H]2CC[C@@H](C)[C@@](O)(O2)C(=O)C(=O)N2CCCC[C@H]2C(=O)O[C@H]([C@H](C)C[C@@H]2CC[C@@H](OC(=O)C(C)(CO)CO)[C@H](OC)C2)CC(=O)[C@H](C)C=C(C)[C@@H](O)[C@@H](OC)C(=O)[C@H](C)C[C@H](C)/C=C/C=CC=C1C. The van der Waals surface area contributed by atoms with Gasteiger partial charge >= 0.3 is 11.9 Å². The van der Waals surface area contributed by atoms with Crippen molar-refractivity contribution in [2.45, 2.75) is 187 Å². The Bertz CT molecular complexity index is 2010. The molecule has 17 nitrogen and oxygen atoms in total.